The smallest absolute Gasteiger partial charge is 0.142 e. The van der Waals surface area contributed by atoms with Crippen LogP contribution >= 0.6 is 23.2 Å². The molecule has 0 bridgehead atoms. The van der Waals surface area contributed by atoms with Crippen LogP contribution in [0, 0.1) is 5.82 Å². The largest absolute Gasteiger partial charge is 0.304 e. The Morgan fingerprint density at radius 3 is 2.30 bits per heavy atom. The van der Waals surface area contributed by atoms with Gasteiger partial charge >= 0.3 is 0 Å². The highest BCUT2D eigenvalue weighted by atomic mass is 35.5. The van der Waals surface area contributed by atoms with Gasteiger partial charge in [0.2, 0.25) is 0 Å². The average molecular weight is 312 g/mol. The van der Waals surface area contributed by atoms with Gasteiger partial charge in [0.15, 0.2) is 0 Å². The third-order valence-electron chi connectivity index (χ3n) is 3.32. The lowest BCUT2D eigenvalue weighted by molar-refractivity contribution is 0.492. The van der Waals surface area contributed by atoms with Crippen molar-refractivity contribution in [2.45, 2.75) is 25.9 Å². The van der Waals surface area contributed by atoms with Gasteiger partial charge < -0.3 is 5.32 Å². The van der Waals surface area contributed by atoms with E-state index in [2.05, 4.69) is 5.32 Å². The molecule has 0 saturated carbocycles. The van der Waals surface area contributed by atoms with Crippen molar-refractivity contribution in [1.82, 2.24) is 5.32 Å². The Bertz CT molecular complexity index is 601. The Kier molecular flexibility index (Phi) is 5.03. The molecule has 2 aromatic carbocycles. The number of benzene rings is 2. The van der Waals surface area contributed by atoms with Gasteiger partial charge in [-0.3, -0.25) is 0 Å². The van der Waals surface area contributed by atoms with Crippen LogP contribution in [0.25, 0.3) is 0 Å². The Morgan fingerprint density at radius 2 is 1.65 bits per heavy atom. The van der Waals surface area contributed by atoms with Crippen molar-refractivity contribution < 1.29 is 4.39 Å². The minimum Gasteiger partial charge on any atom is -0.304 e. The zero-order chi connectivity index (χ0) is 14.7. The van der Waals surface area contributed by atoms with Gasteiger partial charge in [-0.15, -0.1) is 0 Å². The van der Waals surface area contributed by atoms with Crippen molar-refractivity contribution >= 4 is 23.2 Å². The number of halogens is 3. The molecule has 0 saturated heterocycles. The number of hydrogen-bond acceptors (Lipinski definition) is 1. The lowest BCUT2D eigenvalue weighted by Crippen LogP contribution is -2.22. The predicted molar refractivity (Wildman–Crippen MR) is 82.8 cm³/mol. The van der Waals surface area contributed by atoms with E-state index in [1.807, 2.05) is 44.2 Å². The van der Waals surface area contributed by atoms with E-state index in [9.17, 15) is 4.39 Å². The van der Waals surface area contributed by atoms with Crippen molar-refractivity contribution in [3.63, 3.8) is 0 Å². The molecule has 0 radical (unpaired) electrons. The lowest BCUT2D eigenvalue weighted by atomic mass is 10.0. The van der Waals surface area contributed by atoms with Crippen LogP contribution in [0.2, 0.25) is 10.0 Å². The van der Waals surface area contributed by atoms with E-state index in [1.54, 1.807) is 6.07 Å². The van der Waals surface area contributed by atoms with Gasteiger partial charge in [-0.25, -0.2) is 4.39 Å². The van der Waals surface area contributed by atoms with E-state index in [1.165, 1.54) is 6.07 Å². The first-order valence-electron chi connectivity index (χ1n) is 6.44. The molecule has 0 spiro atoms. The number of nitrogens with one attached hydrogen (secondary N) is 1. The Morgan fingerprint density at radius 1 is 0.950 bits per heavy atom. The molecule has 4 heteroatoms. The van der Waals surface area contributed by atoms with Crippen molar-refractivity contribution in [3.8, 4) is 0 Å². The molecule has 2 rings (SSSR count). The van der Waals surface area contributed by atoms with Crippen LogP contribution in [0.1, 0.15) is 37.1 Å². The van der Waals surface area contributed by atoms with Crippen LogP contribution < -0.4 is 5.32 Å². The van der Waals surface area contributed by atoms with Crippen LogP contribution in [-0.2, 0) is 0 Å². The molecular weight excluding hydrogens is 296 g/mol. The van der Waals surface area contributed by atoms with Crippen molar-refractivity contribution in [2.24, 2.45) is 0 Å². The highest BCUT2D eigenvalue weighted by molar-refractivity contribution is 6.31. The quantitative estimate of drug-likeness (QED) is 0.781. The molecule has 0 aromatic heterocycles. The molecule has 20 heavy (non-hydrogen) atoms. The summed E-state index contributed by atoms with van der Waals surface area (Å²) < 4.78 is 13.5. The second-order valence-electron chi connectivity index (χ2n) is 4.81. The van der Waals surface area contributed by atoms with Crippen molar-refractivity contribution in [3.05, 3.63) is 69.5 Å². The second-order valence-corrected chi connectivity index (χ2v) is 5.62. The maximum absolute atomic E-state index is 13.5. The maximum Gasteiger partial charge on any atom is 0.142 e. The van der Waals surface area contributed by atoms with Gasteiger partial charge in [-0.05, 0) is 43.2 Å². The van der Waals surface area contributed by atoms with Crippen LogP contribution in [-0.4, -0.2) is 0 Å². The summed E-state index contributed by atoms with van der Waals surface area (Å²) in [6.45, 7) is 4.01. The lowest BCUT2D eigenvalue weighted by Gasteiger charge is -2.21. The standard InChI is InChI=1S/C16H16Cl2FN/c1-10(12-7-8-15(18)16(19)9-12)20-11(2)13-5-3-4-6-14(13)17/h3-11,20H,1-2H3/t10?,11-/m0/s1. The first-order chi connectivity index (χ1) is 9.49. The summed E-state index contributed by atoms with van der Waals surface area (Å²) in [6, 6.07) is 12.6. The molecule has 1 N–H and O–H groups in total. The van der Waals surface area contributed by atoms with Crippen LogP contribution in [0.4, 0.5) is 4.39 Å². The SMILES string of the molecule is CC(N[C@@H](C)c1ccccc1Cl)c1ccc(Cl)c(F)c1. The third kappa shape index (κ3) is 3.51. The summed E-state index contributed by atoms with van der Waals surface area (Å²) in [6.07, 6.45) is 0. The minimum absolute atomic E-state index is 0.00644. The molecule has 0 fully saturated rings. The van der Waals surface area contributed by atoms with E-state index < -0.39 is 5.82 Å². The molecule has 2 aromatic rings. The predicted octanol–water partition coefficient (Wildman–Crippen LogP) is 5.54. The zero-order valence-corrected chi connectivity index (χ0v) is 12.8. The first kappa shape index (κ1) is 15.3. The van der Waals surface area contributed by atoms with Gasteiger partial charge in [-0.1, -0.05) is 47.5 Å². The van der Waals surface area contributed by atoms with Crippen molar-refractivity contribution in [1.29, 1.82) is 0 Å². The second kappa shape index (κ2) is 6.57. The molecule has 2 atom stereocenters. The zero-order valence-electron chi connectivity index (χ0n) is 11.3. The normalized spacial score (nSPS) is 14.1. The van der Waals surface area contributed by atoms with E-state index >= 15 is 0 Å². The minimum atomic E-state index is -0.400. The number of rotatable bonds is 4. The topological polar surface area (TPSA) is 12.0 Å². The van der Waals surface area contributed by atoms with Crippen LogP contribution in [0.3, 0.4) is 0 Å². The Balaban J connectivity index is 2.13. The van der Waals surface area contributed by atoms with Gasteiger partial charge in [0, 0.05) is 17.1 Å². The van der Waals surface area contributed by atoms with E-state index in [0.29, 0.717) is 0 Å². The summed E-state index contributed by atoms with van der Waals surface area (Å²) in [5.74, 6) is -0.400. The fourth-order valence-electron chi connectivity index (χ4n) is 2.17. The van der Waals surface area contributed by atoms with E-state index in [0.717, 1.165) is 16.1 Å². The fourth-order valence-corrected chi connectivity index (χ4v) is 2.59. The molecular formula is C16H16Cl2FN. The summed E-state index contributed by atoms with van der Waals surface area (Å²) in [5, 5.41) is 4.27. The van der Waals surface area contributed by atoms with E-state index in [4.69, 9.17) is 23.2 Å². The Hall–Kier alpha value is -1.09. The molecule has 0 aliphatic carbocycles. The Labute approximate surface area is 128 Å². The fraction of sp³-hybridized carbons (Fsp3) is 0.250. The molecule has 0 heterocycles. The molecule has 1 unspecified atom stereocenters. The molecule has 1 nitrogen and oxygen atoms in total. The van der Waals surface area contributed by atoms with E-state index in [-0.39, 0.29) is 17.1 Å². The van der Waals surface area contributed by atoms with Crippen LogP contribution in [0.5, 0.6) is 0 Å². The summed E-state index contributed by atoms with van der Waals surface area (Å²) in [5.41, 5.74) is 1.88. The molecule has 0 aliphatic rings. The van der Waals surface area contributed by atoms with Gasteiger partial charge in [-0.2, -0.15) is 0 Å². The maximum atomic E-state index is 13.5. The molecule has 106 valence electrons. The van der Waals surface area contributed by atoms with Gasteiger partial charge in [0.25, 0.3) is 0 Å². The third-order valence-corrected chi connectivity index (χ3v) is 3.97. The molecule has 0 aliphatic heterocycles. The van der Waals surface area contributed by atoms with Gasteiger partial charge in [0.1, 0.15) is 5.82 Å². The average Bonchev–Trinajstić information content (AvgIpc) is 2.42. The monoisotopic (exact) mass is 311 g/mol. The van der Waals surface area contributed by atoms with Crippen LogP contribution in [0.15, 0.2) is 42.5 Å². The molecule has 0 amide bonds. The van der Waals surface area contributed by atoms with Gasteiger partial charge in [0.05, 0.1) is 5.02 Å². The number of hydrogen-bond donors (Lipinski definition) is 1. The summed E-state index contributed by atoms with van der Waals surface area (Å²) >= 11 is 11.9. The first-order valence-corrected chi connectivity index (χ1v) is 7.20. The summed E-state index contributed by atoms with van der Waals surface area (Å²) in [4.78, 5) is 0. The summed E-state index contributed by atoms with van der Waals surface area (Å²) in [7, 11) is 0. The highest BCUT2D eigenvalue weighted by Gasteiger charge is 2.14. The van der Waals surface area contributed by atoms with Crippen molar-refractivity contribution in [2.75, 3.05) is 0 Å². The highest BCUT2D eigenvalue weighted by Crippen LogP contribution is 2.26.